The predicted molar refractivity (Wildman–Crippen MR) is 240 cm³/mol. The number of likely N-dealkylation sites (N-methyl/N-ethyl adjacent to an activating group) is 1. The van der Waals surface area contributed by atoms with Gasteiger partial charge < -0.3 is 28.6 Å². The quantitative estimate of drug-likeness (QED) is 0.0261. The van der Waals surface area contributed by atoms with Gasteiger partial charge in [0.2, 0.25) is 0 Å². The van der Waals surface area contributed by atoms with Crippen LogP contribution in [-0.4, -0.2) is 75.5 Å². The molecule has 0 saturated heterocycles. The lowest BCUT2D eigenvalue weighted by atomic mass is 10.1. The number of carboxylic acid groups (broad SMARTS) is 1. The summed E-state index contributed by atoms with van der Waals surface area (Å²) in [4.78, 5) is 36.9. The topological polar surface area (TPSA) is 102 Å². The van der Waals surface area contributed by atoms with Crippen LogP contribution in [0.15, 0.2) is 24.3 Å². The SMILES string of the molecule is CCCCCCCC/C=C/CCCCCC(=O)OC(COCCC(C(=O)[O-])[N+](C)(C)C)COC(=O)CCCCCCCCC/C=C/CCCCCCCCCCCC. The van der Waals surface area contributed by atoms with E-state index < -0.39 is 18.1 Å². The molecular formula is C50H93NO7. The summed E-state index contributed by atoms with van der Waals surface area (Å²) in [6.45, 7) is 4.66. The Kier molecular flexibility index (Phi) is 40.0. The number of quaternary nitrogens is 1. The Morgan fingerprint density at radius 1 is 0.500 bits per heavy atom. The van der Waals surface area contributed by atoms with E-state index in [0.717, 1.165) is 51.4 Å². The van der Waals surface area contributed by atoms with Gasteiger partial charge in [0.05, 0.1) is 40.3 Å². The fraction of sp³-hybridized carbons (Fsp3) is 0.860. The van der Waals surface area contributed by atoms with Crippen LogP contribution in [0.25, 0.3) is 0 Å². The Morgan fingerprint density at radius 3 is 1.26 bits per heavy atom. The molecule has 0 aromatic heterocycles. The zero-order valence-electron chi connectivity index (χ0n) is 38.7. The van der Waals surface area contributed by atoms with E-state index in [1.54, 1.807) is 21.1 Å². The zero-order chi connectivity index (χ0) is 42.8. The second kappa shape index (κ2) is 41.5. The van der Waals surface area contributed by atoms with Crippen molar-refractivity contribution in [2.75, 3.05) is 41.0 Å². The summed E-state index contributed by atoms with van der Waals surface area (Å²) in [5.74, 6) is -1.75. The Morgan fingerprint density at radius 2 is 0.862 bits per heavy atom. The molecule has 0 spiro atoms. The number of hydrogen-bond donors (Lipinski definition) is 0. The first-order valence-electron chi connectivity index (χ1n) is 24.4. The molecule has 0 rings (SSSR count). The van der Waals surface area contributed by atoms with Crippen molar-refractivity contribution >= 4 is 17.9 Å². The van der Waals surface area contributed by atoms with Gasteiger partial charge in [-0.25, -0.2) is 0 Å². The number of aliphatic carboxylic acids is 1. The summed E-state index contributed by atoms with van der Waals surface area (Å²) in [5.41, 5.74) is 0. The molecule has 0 amide bonds. The van der Waals surface area contributed by atoms with Crippen LogP contribution in [0, 0.1) is 0 Å². The van der Waals surface area contributed by atoms with Crippen molar-refractivity contribution in [2.24, 2.45) is 0 Å². The van der Waals surface area contributed by atoms with Gasteiger partial charge in [-0.1, -0.05) is 167 Å². The third kappa shape index (κ3) is 39.3. The normalized spacial score (nSPS) is 13.1. The number of carboxylic acids is 1. The number of unbranched alkanes of at least 4 members (excludes halogenated alkanes) is 26. The molecule has 0 fully saturated rings. The lowest BCUT2D eigenvalue weighted by molar-refractivity contribution is -0.889. The van der Waals surface area contributed by atoms with Gasteiger partial charge in [0.25, 0.3) is 0 Å². The molecule has 8 heteroatoms. The maximum Gasteiger partial charge on any atom is 0.306 e. The van der Waals surface area contributed by atoms with Gasteiger partial charge >= 0.3 is 11.9 Å². The van der Waals surface area contributed by atoms with Crippen LogP contribution in [0.1, 0.15) is 226 Å². The van der Waals surface area contributed by atoms with Crippen molar-refractivity contribution in [3.8, 4) is 0 Å². The number of rotatable bonds is 44. The van der Waals surface area contributed by atoms with Gasteiger partial charge in [-0.15, -0.1) is 0 Å². The van der Waals surface area contributed by atoms with Crippen molar-refractivity contribution in [2.45, 2.75) is 238 Å². The maximum atomic E-state index is 12.7. The molecule has 0 saturated carbocycles. The Hall–Kier alpha value is -2.19. The average Bonchev–Trinajstić information content (AvgIpc) is 3.18. The van der Waals surface area contributed by atoms with Gasteiger partial charge in [0.15, 0.2) is 6.10 Å². The lowest BCUT2D eigenvalue weighted by Crippen LogP contribution is -2.55. The summed E-state index contributed by atoms with van der Waals surface area (Å²) < 4.78 is 17.2. The third-order valence-corrected chi connectivity index (χ3v) is 11.1. The number of ether oxygens (including phenoxy) is 3. The van der Waals surface area contributed by atoms with Crippen molar-refractivity contribution in [3.05, 3.63) is 24.3 Å². The Bertz CT molecular complexity index is 1000. The first-order chi connectivity index (χ1) is 28.1. The molecule has 0 aliphatic carbocycles. The molecule has 0 heterocycles. The molecule has 0 aliphatic rings. The Labute approximate surface area is 358 Å². The van der Waals surface area contributed by atoms with E-state index in [-0.39, 0.29) is 42.7 Å². The minimum atomic E-state index is -1.13. The van der Waals surface area contributed by atoms with Crippen LogP contribution < -0.4 is 5.11 Å². The monoisotopic (exact) mass is 820 g/mol. The van der Waals surface area contributed by atoms with Crippen molar-refractivity contribution in [3.63, 3.8) is 0 Å². The van der Waals surface area contributed by atoms with Crippen molar-refractivity contribution < 1.29 is 38.2 Å². The van der Waals surface area contributed by atoms with Gasteiger partial charge in [-0.3, -0.25) is 9.59 Å². The van der Waals surface area contributed by atoms with E-state index in [0.29, 0.717) is 12.8 Å². The molecule has 0 N–H and O–H groups in total. The second-order valence-corrected chi connectivity index (χ2v) is 17.7. The fourth-order valence-electron chi connectivity index (χ4n) is 7.24. The summed E-state index contributed by atoms with van der Waals surface area (Å²) in [5, 5.41) is 11.6. The molecule has 0 bridgehead atoms. The highest BCUT2D eigenvalue weighted by Gasteiger charge is 2.25. The van der Waals surface area contributed by atoms with E-state index in [9.17, 15) is 19.5 Å². The molecule has 0 aromatic rings. The van der Waals surface area contributed by atoms with Crippen LogP contribution in [0.2, 0.25) is 0 Å². The van der Waals surface area contributed by atoms with Crippen LogP contribution in [0.3, 0.4) is 0 Å². The zero-order valence-corrected chi connectivity index (χ0v) is 38.7. The van der Waals surface area contributed by atoms with E-state index in [1.807, 2.05) is 0 Å². The van der Waals surface area contributed by atoms with Crippen molar-refractivity contribution in [1.29, 1.82) is 0 Å². The van der Waals surface area contributed by atoms with Crippen LogP contribution in [-0.2, 0) is 28.6 Å². The van der Waals surface area contributed by atoms with E-state index in [1.165, 1.54) is 141 Å². The van der Waals surface area contributed by atoms with Gasteiger partial charge in [0, 0.05) is 19.3 Å². The molecule has 2 unspecified atom stereocenters. The number of allylic oxidation sites excluding steroid dienone is 4. The fourth-order valence-corrected chi connectivity index (χ4v) is 7.24. The number of hydrogen-bond acceptors (Lipinski definition) is 7. The molecule has 0 aromatic carbocycles. The molecule has 8 nitrogen and oxygen atoms in total. The molecule has 58 heavy (non-hydrogen) atoms. The van der Waals surface area contributed by atoms with Crippen LogP contribution in [0.4, 0.5) is 0 Å². The number of esters is 2. The summed E-state index contributed by atoms with van der Waals surface area (Å²) in [6, 6.07) is -0.727. The number of nitrogens with zero attached hydrogens (tertiary/aromatic N) is 1. The largest absolute Gasteiger partial charge is 0.544 e. The van der Waals surface area contributed by atoms with E-state index in [2.05, 4.69) is 38.2 Å². The number of carbonyl (C=O) groups excluding carboxylic acids is 3. The highest BCUT2D eigenvalue weighted by Crippen LogP contribution is 2.15. The second-order valence-electron chi connectivity index (χ2n) is 17.7. The average molecular weight is 820 g/mol. The van der Waals surface area contributed by atoms with E-state index in [4.69, 9.17) is 14.2 Å². The minimum Gasteiger partial charge on any atom is -0.544 e. The first kappa shape index (κ1) is 55.8. The molecular weight excluding hydrogens is 727 g/mol. The molecule has 2 atom stereocenters. The van der Waals surface area contributed by atoms with E-state index >= 15 is 0 Å². The first-order valence-corrected chi connectivity index (χ1v) is 24.4. The van der Waals surface area contributed by atoms with Crippen LogP contribution in [0.5, 0.6) is 0 Å². The van der Waals surface area contributed by atoms with Gasteiger partial charge in [-0.05, 0) is 64.2 Å². The molecule has 0 aliphatic heterocycles. The summed E-state index contributed by atoms with van der Waals surface area (Å²) in [6.07, 6.45) is 46.4. The molecule has 0 radical (unpaired) electrons. The Balaban J connectivity index is 4.24. The maximum absolute atomic E-state index is 12.7. The smallest absolute Gasteiger partial charge is 0.306 e. The highest BCUT2D eigenvalue weighted by atomic mass is 16.6. The van der Waals surface area contributed by atoms with Gasteiger partial charge in [0.1, 0.15) is 12.6 Å². The lowest BCUT2D eigenvalue weighted by Gasteiger charge is -2.34. The molecule has 340 valence electrons. The van der Waals surface area contributed by atoms with Crippen LogP contribution >= 0.6 is 0 Å². The number of carbonyl (C=O) groups is 3. The standard InChI is InChI=1S/C50H93NO7/c1-6-8-10-12-14-16-18-20-21-22-23-24-25-26-27-29-30-32-34-36-38-40-48(52)57-45-46(44-56-43-42-47(50(54)55)51(3,4)5)58-49(53)41-39-37-35-33-31-28-19-17-15-13-11-9-7-2/h24-25,28,31,46-47H,6-23,26-27,29-30,32-45H2,1-5H3/b25-24+,31-28+. The van der Waals surface area contributed by atoms with Crippen molar-refractivity contribution in [1.82, 2.24) is 0 Å². The summed E-state index contributed by atoms with van der Waals surface area (Å²) >= 11 is 0. The third-order valence-electron chi connectivity index (χ3n) is 11.1. The van der Waals surface area contributed by atoms with Gasteiger partial charge in [-0.2, -0.15) is 0 Å². The predicted octanol–water partition coefficient (Wildman–Crippen LogP) is 12.3. The highest BCUT2D eigenvalue weighted by molar-refractivity contribution is 5.70. The minimum absolute atomic E-state index is 0.0362. The summed E-state index contributed by atoms with van der Waals surface area (Å²) in [7, 11) is 5.41.